The number of hydrogen-bond acceptors (Lipinski definition) is 3. The number of rotatable bonds is 6. The molecule has 35 heavy (non-hydrogen) atoms. The summed E-state index contributed by atoms with van der Waals surface area (Å²) in [6.07, 6.45) is 1.56. The van der Waals surface area contributed by atoms with Crippen molar-refractivity contribution in [3.63, 3.8) is 0 Å². The molecule has 0 radical (unpaired) electrons. The summed E-state index contributed by atoms with van der Waals surface area (Å²) in [5.74, 6) is -0.673. The minimum Gasteiger partial charge on any atom is -0.353 e. The van der Waals surface area contributed by atoms with Gasteiger partial charge in [-0.05, 0) is 54.8 Å². The van der Waals surface area contributed by atoms with Crippen molar-refractivity contribution < 1.29 is 9.59 Å². The maximum absolute atomic E-state index is 12.4. The average Bonchev–Trinajstić information content (AvgIpc) is 3.25. The van der Waals surface area contributed by atoms with Gasteiger partial charge in [0.25, 0.3) is 5.91 Å². The summed E-state index contributed by atoms with van der Waals surface area (Å²) >= 11 is 5.92. The molecule has 174 valence electrons. The fourth-order valence-corrected chi connectivity index (χ4v) is 4.39. The number of benzene rings is 3. The number of hydrogen-bond donors (Lipinski definition) is 3. The number of aromatic amines is 1. The van der Waals surface area contributed by atoms with E-state index in [1.54, 1.807) is 24.3 Å². The van der Waals surface area contributed by atoms with E-state index in [0.29, 0.717) is 23.4 Å². The van der Waals surface area contributed by atoms with Crippen molar-refractivity contribution in [3.05, 3.63) is 101 Å². The predicted molar refractivity (Wildman–Crippen MR) is 139 cm³/mol. The molecule has 2 heterocycles. The van der Waals surface area contributed by atoms with Crippen LogP contribution in [0.3, 0.4) is 0 Å². The van der Waals surface area contributed by atoms with Crippen LogP contribution in [0.1, 0.15) is 28.8 Å². The van der Waals surface area contributed by atoms with Crippen molar-refractivity contribution in [1.29, 1.82) is 0 Å². The number of nitrogens with one attached hydrogen (secondary N) is 3. The van der Waals surface area contributed by atoms with Crippen LogP contribution in [0.25, 0.3) is 33.2 Å². The van der Waals surface area contributed by atoms with Crippen molar-refractivity contribution in [2.45, 2.75) is 19.3 Å². The molecule has 7 heteroatoms. The van der Waals surface area contributed by atoms with Crippen LogP contribution in [0.15, 0.2) is 84.9 Å². The molecule has 3 aromatic carbocycles. The Bertz CT molecular complexity index is 1540. The van der Waals surface area contributed by atoms with Gasteiger partial charge in [0.15, 0.2) is 0 Å². The van der Waals surface area contributed by atoms with Crippen LogP contribution in [0.2, 0.25) is 5.02 Å². The molecule has 6 nitrogen and oxygen atoms in total. The van der Waals surface area contributed by atoms with E-state index in [9.17, 15) is 9.59 Å². The first-order valence-corrected chi connectivity index (χ1v) is 11.8. The normalized spacial score (nSPS) is 11.0. The van der Waals surface area contributed by atoms with Crippen LogP contribution in [0.4, 0.5) is 0 Å². The number of pyridine rings is 1. The van der Waals surface area contributed by atoms with Crippen molar-refractivity contribution >= 4 is 45.2 Å². The van der Waals surface area contributed by atoms with E-state index in [1.165, 1.54) is 0 Å². The van der Waals surface area contributed by atoms with E-state index in [0.717, 1.165) is 38.8 Å². The first-order valence-electron chi connectivity index (χ1n) is 11.4. The Morgan fingerprint density at radius 3 is 2.60 bits per heavy atom. The number of fused-ring (bicyclic) bond motifs is 2. The molecule has 0 aliphatic carbocycles. The summed E-state index contributed by atoms with van der Waals surface area (Å²) in [6.45, 7) is 0. The summed E-state index contributed by atoms with van der Waals surface area (Å²) in [4.78, 5) is 33.0. The summed E-state index contributed by atoms with van der Waals surface area (Å²) in [7, 11) is 0. The number of carbonyl (C=O) groups excluding carboxylic acids is 2. The monoisotopic (exact) mass is 482 g/mol. The maximum Gasteiger partial charge on any atom is 0.269 e. The Balaban J connectivity index is 1.28. The van der Waals surface area contributed by atoms with Gasteiger partial charge in [0, 0.05) is 33.3 Å². The largest absolute Gasteiger partial charge is 0.353 e. The molecule has 0 spiro atoms. The number of H-pyrrole nitrogens is 1. The van der Waals surface area contributed by atoms with Gasteiger partial charge in [-0.2, -0.15) is 0 Å². The quantitative estimate of drug-likeness (QED) is 0.266. The fraction of sp³-hybridized carbons (Fsp3) is 0.107. The second kappa shape index (κ2) is 9.99. The SMILES string of the molecule is O=C(CCCc1c(-c2ccc3ccccc3n2)[nH]c2ccccc12)NNC(=O)c1cccc(Cl)c1. The number of para-hydroxylation sites is 2. The third-order valence-corrected chi connectivity index (χ3v) is 6.14. The maximum atomic E-state index is 12.4. The molecule has 3 N–H and O–H groups in total. The number of hydrazine groups is 1. The Morgan fingerprint density at radius 2 is 1.71 bits per heavy atom. The number of carbonyl (C=O) groups is 2. The molecule has 0 fully saturated rings. The van der Waals surface area contributed by atoms with Crippen molar-refractivity contribution in [2.75, 3.05) is 0 Å². The second-order valence-electron chi connectivity index (χ2n) is 8.28. The first kappa shape index (κ1) is 22.6. The van der Waals surface area contributed by atoms with Gasteiger partial charge in [0.1, 0.15) is 0 Å². The fourth-order valence-electron chi connectivity index (χ4n) is 4.20. The van der Waals surface area contributed by atoms with Crippen molar-refractivity contribution in [3.8, 4) is 11.4 Å². The zero-order valence-corrected chi connectivity index (χ0v) is 19.6. The average molecular weight is 483 g/mol. The minimum atomic E-state index is -0.415. The van der Waals surface area contributed by atoms with E-state index < -0.39 is 5.91 Å². The van der Waals surface area contributed by atoms with Crippen LogP contribution in [-0.2, 0) is 11.2 Å². The van der Waals surface area contributed by atoms with E-state index in [1.807, 2.05) is 48.5 Å². The number of halogens is 1. The zero-order valence-electron chi connectivity index (χ0n) is 18.8. The summed E-state index contributed by atoms with van der Waals surface area (Å²) in [5, 5.41) is 2.66. The summed E-state index contributed by atoms with van der Waals surface area (Å²) in [6, 6.07) is 26.8. The minimum absolute atomic E-state index is 0.259. The molecule has 0 saturated heterocycles. The number of aryl methyl sites for hydroxylation is 1. The van der Waals surface area contributed by atoms with E-state index in [4.69, 9.17) is 16.6 Å². The van der Waals surface area contributed by atoms with Crippen LogP contribution in [0, 0.1) is 0 Å². The molecule has 0 atom stereocenters. The van der Waals surface area contributed by atoms with Crippen LogP contribution in [0.5, 0.6) is 0 Å². The first-order chi connectivity index (χ1) is 17.1. The lowest BCUT2D eigenvalue weighted by Crippen LogP contribution is -2.41. The Hall–Kier alpha value is -4.16. The van der Waals surface area contributed by atoms with Gasteiger partial charge in [0.2, 0.25) is 5.91 Å². The molecule has 5 rings (SSSR count). The molecule has 0 aliphatic heterocycles. The molecule has 0 saturated carbocycles. The van der Waals surface area contributed by atoms with Gasteiger partial charge >= 0.3 is 0 Å². The van der Waals surface area contributed by atoms with Gasteiger partial charge in [0.05, 0.1) is 16.9 Å². The highest BCUT2D eigenvalue weighted by molar-refractivity contribution is 6.31. The van der Waals surface area contributed by atoms with Gasteiger partial charge in [-0.3, -0.25) is 20.4 Å². The third-order valence-electron chi connectivity index (χ3n) is 5.90. The zero-order chi connectivity index (χ0) is 24.2. The van der Waals surface area contributed by atoms with Gasteiger partial charge in [-0.15, -0.1) is 0 Å². The second-order valence-corrected chi connectivity index (χ2v) is 8.72. The van der Waals surface area contributed by atoms with E-state index >= 15 is 0 Å². The van der Waals surface area contributed by atoms with Crippen molar-refractivity contribution in [2.24, 2.45) is 0 Å². The molecule has 5 aromatic rings. The molecular formula is C28H23ClN4O2. The summed E-state index contributed by atoms with van der Waals surface area (Å²) in [5.41, 5.74) is 10.2. The highest BCUT2D eigenvalue weighted by Crippen LogP contribution is 2.31. The number of aromatic nitrogens is 2. The molecular weight excluding hydrogens is 460 g/mol. The van der Waals surface area contributed by atoms with Crippen LogP contribution >= 0.6 is 11.6 Å². The number of amides is 2. The highest BCUT2D eigenvalue weighted by Gasteiger charge is 2.15. The van der Waals surface area contributed by atoms with Crippen LogP contribution in [-0.4, -0.2) is 21.8 Å². The lowest BCUT2D eigenvalue weighted by atomic mass is 10.0. The predicted octanol–water partition coefficient (Wildman–Crippen LogP) is 5.82. The Labute approximate surface area is 207 Å². The topological polar surface area (TPSA) is 86.9 Å². The van der Waals surface area contributed by atoms with E-state index in [2.05, 4.69) is 28.0 Å². The molecule has 0 bridgehead atoms. The highest BCUT2D eigenvalue weighted by atomic mass is 35.5. The Morgan fingerprint density at radius 1 is 0.886 bits per heavy atom. The molecule has 0 unspecified atom stereocenters. The lowest BCUT2D eigenvalue weighted by Gasteiger charge is -2.09. The lowest BCUT2D eigenvalue weighted by molar-refractivity contribution is -0.121. The van der Waals surface area contributed by atoms with Crippen LogP contribution < -0.4 is 10.9 Å². The van der Waals surface area contributed by atoms with Gasteiger partial charge in [-0.25, -0.2) is 4.98 Å². The van der Waals surface area contributed by atoms with Crippen molar-refractivity contribution in [1.82, 2.24) is 20.8 Å². The molecule has 0 aliphatic rings. The smallest absolute Gasteiger partial charge is 0.269 e. The number of nitrogens with zero attached hydrogens (tertiary/aromatic N) is 1. The van der Waals surface area contributed by atoms with Gasteiger partial charge < -0.3 is 4.98 Å². The molecule has 2 amide bonds. The molecule has 2 aromatic heterocycles. The van der Waals surface area contributed by atoms with E-state index in [-0.39, 0.29) is 12.3 Å². The summed E-state index contributed by atoms with van der Waals surface area (Å²) < 4.78 is 0. The standard InChI is InChI=1S/C28H23ClN4O2/c29-20-9-5-8-19(17-20)28(35)33-32-26(34)14-6-11-22-21-10-2-4-13-24(21)31-27(22)25-16-15-18-7-1-3-12-23(18)30-25/h1-5,7-10,12-13,15-17,31H,6,11,14H2,(H,32,34)(H,33,35). The third kappa shape index (κ3) is 5.03. The Kier molecular flexibility index (Phi) is 6.46. The van der Waals surface area contributed by atoms with Gasteiger partial charge in [-0.1, -0.05) is 60.1 Å².